The molecule has 1 N–H and O–H groups in total. The molecule has 1 atom stereocenters. The van der Waals surface area contributed by atoms with Crippen LogP contribution in [0.2, 0.25) is 5.02 Å². The van der Waals surface area contributed by atoms with Crippen LogP contribution in [0, 0.1) is 0 Å². The van der Waals surface area contributed by atoms with Crippen LogP contribution in [-0.4, -0.2) is 78.5 Å². The van der Waals surface area contributed by atoms with Crippen molar-refractivity contribution in [1.29, 1.82) is 0 Å². The third-order valence-electron chi connectivity index (χ3n) is 3.82. The van der Waals surface area contributed by atoms with Crippen molar-refractivity contribution in [3.63, 3.8) is 0 Å². The lowest BCUT2D eigenvalue weighted by molar-refractivity contribution is -0.142. The first-order chi connectivity index (χ1) is 12.0. The second-order valence-electron chi connectivity index (χ2n) is 5.95. The molecule has 0 radical (unpaired) electrons. The van der Waals surface area contributed by atoms with E-state index in [0.717, 1.165) is 4.90 Å². The molecule has 2 rings (SSSR count). The van der Waals surface area contributed by atoms with Crippen LogP contribution in [0.4, 0.5) is 0 Å². The minimum absolute atomic E-state index is 0.0394. The molecule has 0 aliphatic carbocycles. The summed E-state index contributed by atoms with van der Waals surface area (Å²) in [6.07, 6.45) is 0.284. The van der Waals surface area contributed by atoms with Crippen molar-refractivity contribution in [3.8, 4) is 0 Å². The molecule has 1 aliphatic rings. The van der Waals surface area contributed by atoms with E-state index in [1.54, 1.807) is 28.6 Å². The maximum absolute atomic E-state index is 12.4. The van der Waals surface area contributed by atoms with Gasteiger partial charge in [-0.05, 0) is 19.2 Å². The van der Waals surface area contributed by atoms with Crippen molar-refractivity contribution in [2.45, 2.75) is 17.4 Å². The molecular weight excluding hydrogens is 364 g/mol. The topological polar surface area (TPSA) is 70.1 Å². The van der Waals surface area contributed by atoms with E-state index in [-0.39, 0.29) is 18.6 Å². The number of carbonyl (C=O) groups is 2. The summed E-state index contributed by atoms with van der Waals surface area (Å²) in [6, 6.07) is 7.59. The Morgan fingerprint density at radius 3 is 2.92 bits per heavy atom. The fourth-order valence-electron chi connectivity index (χ4n) is 2.67. The normalized spacial score (nSPS) is 17.7. The van der Waals surface area contributed by atoms with Gasteiger partial charge in [-0.2, -0.15) is 0 Å². The third-order valence-corrected chi connectivity index (χ3v) is 5.34. The zero-order valence-electron chi connectivity index (χ0n) is 14.2. The standard InChI is InChI=1S/C17H23ClN2O4S/c1-19(12-17(22)23)10-13-11-20(7-8-24-13)16(21)6-9-25-15-5-3-2-4-14(15)18/h2-5,13H,6-12H2,1H3,(H,22,23). The first-order valence-electron chi connectivity index (χ1n) is 8.12. The maximum atomic E-state index is 12.4. The Hall–Kier alpha value is -1.28. The summed E-state index contributed by atoms with van der Waals surface area (Å²) < 4.78 is 5.65. The van der Waals surface area contributed by atoms with E-state index < -0.39 is 5.97 Å². The molecule has 25 heavy (non-hydrogen) atoms. The first kappa shape index (κ1) is 20.0. The molecular formula is C17H23ClN2O4S. The number of benzene rings is 1. The Balaban J connectivity index is 1.75. The SMILES string of the molecule is CN(CC(=O)O)CC1CN(C(=O)CCSc2ccccc2Cl)CCO1. The monoisotopic (exact) mass is 386 g/mol. The number of hydrogen-bond acceptors (Lipinski definition) is 5. The number of carboxylic acids is 1. The molecule has 1 unspecified atom stereocenters. The van der Waals surface area contributed by atoms with Crippen LogP contribution in [0.1, 0.15) is 6.42 Å². The van der Waals surface area contributed by atoms with Crippen molar-refractivity contribution in [1.82, 2.24) is 9.80 Å². The van der Waals surface area contributed by atoms with Crippen LogP contribution < -0.4 is 0 Å². The van der Waals surface area contributed by atoms with Gasteiger partial charge < -0.3 is 14.7 Å². The molecule has 0 bridgehead atoms. The van der Waals surface area contributed by atoms with Crippen molar-refractivity contribution in [2.24, 2.45) is 0 Å². The number of carbonyl (C=O) groups excluding carboxylic acids is 1. The average Bonchev–Trinajstić information content (AvgIpc) is 2.56. The van der Waals surface area contributed by atoms with Crippen molar-refractivity contribution >= 4 is 35.2 Å². The van der Waals surface area contributed by atoms with Gasteiger partial charge in [0.25, 0.3) is 0 Å². The zero-order chi connectivity index (χ0) is 18.2. The lowest BCUT2D eigenvalue weighted by Gasteiger charge is -2.34. The van der Waals surface area contributed by atoms with Gasteiger partial charge in [-0.3, -0.25) is 14.5 Å². The molecule has 8 heteroatoms. The summed E-state index contributed by atoms with van der Waals surface area (Å²) in [6.45, 7) is 2.01. The molecule has 1 aliphatic heterocycles. The summed E-state index contributed by atoms with van der Waals surface area (Å²) in [5, 5.41) is 9.51. The molecule has 1 aromatic carbocycles. The molecule has 0 spiro atoms. The molecule has 1 aromatic rings. The predicted molar refractivity (Wildman–Crippen MR) is 98.2 cm³/mol. The Labute approximate surface area is 157 Å². The van der Waals surface area contributed by atoms with Crippen molar-refractivity contribution in [2.75, 3.05) is 45.6 Å². The Morgan fingerprint density at radius 1 is 1.44 bits per heavy atom. The number of rotatable bonds is 8. The number of nitrogens with zero attached hydrogens (tertiary/aromatic N) is 2. The number of ether oxygens (including phenoxy) is 1. The zero-order valence-corrected chi connectivity index (χ0v) is 15.8. The average molecular weight is 387 g/mol. The van der Waals surface area contributed by atoms with Gasteiger partial charge in [0.1, 0.15) is 0 Å². The summed E-state index contributed by atoms with van der Waals surface area (Å²) >= 11 is 7.69. The van der Waals surface area contributed by atoms with Crippen LogP contribution in [-0.2, 0) is 14.3 Å². The van der Waals surface area contributed by atoms with Crippen molar-refractivity contribution in [3.05, 3.63) is 29.3 Å². The Kier molecular flexibility index (Phi) is 8.02. The van der Waals surface area contributed by atoms with Gasteiger partial charge >= 0.3 is 5.97 Å². The fraction of sp³-hybridized carbons (Fsp3) is 0.529. The van der Waals surface area contributed by atoms with Gasteiger partial charge in [-0.15, -0.1) is 11.8 Å². The van der Waals surface area contributed by atoms with Crippen LogP contribution >= 0.6 is 23.4 Å². The molecule has 1 saturated heterocycles. The second kappa shape index (κ2) is 10.0. The van der Waals surface area contributed by atoms with Gasteiger partial charge in [0, 0.05) is 36.7 Å². The molecule has 0 aromatic heterocycles. The lowest BCUT2D eigenvalue weighted by atomic mass is 10.2. The van der Waals surface area contributed by atoms with Gasteiger partial charge in [-0.25, -0.2) is 0 Å². The lowest BCUT2D eigenvalue weighted by Crippen LogP contribution is -2.49. The number of amides is 1. The highest BCUT2D eigenvalue weighted by atomic mass is 35.5. The number of aliphatic carboxylic acids is 1. The molecule has 1 fully saturated rings. The van der Waals surface area contributed by atoms with E-state index in [2.05, 4.69) is 0 Å². The minimum Gasteiger partial charge on any atom is -0.480 e. The first-order valence-corrected chi connectivity index (χ1v) is 9.49. The number of morpholine rings is 1. The van der Waals surface area contributed by atoms with E-state index in [4.69, 9.17) is 21.4 Å². The maximum Gasteiger partial charge on any atom is 0.317 e. The highest BCUT2D eigenvalue weighted by Crippen LogP contribution is 2.27. The van der Waals surface area contributed by atoms with E-state index in [1.807, 2.05) is 24.3 Å². The van der Waals surface area contributed by atoms with Crippen LogP contribution in [0.3, 0.4) is 0 Å². The van der Waals surface area contributed by atoms with E-state index in [0.29, 0.717) is 43.4 Å². The van der Waals surface area contributed by atoms with E-state index >= 15 is 0 Å². The van der Waals surface area contributed by atoms with Crippen LogP contribution in [0.5, 0.6) is 0 Å². The number of carboxylic acid groups (broad SMARTS) is 1. The van der Waals surface area contributed by atoms with Gasteiger partial charge in [0.05, 0.1) is 24.3 Å². The number of likely N-dealkylation sites (N-methyl/N-ethyl adjacent to an activating group) is 1. The number of hydrogen-bond donors (Lipinski definition) is 1. The number of thioether (sulfide) groups is 1. The van der Waals surface area contributed by atoms with Crippen molar-refractivity contribution < 1.29 is 19.4 Å². The summed E-state index contributed by atoms with van der Waals surface area (Å²) in [7, 11) is 1.73. The highest BCUT2D eigenvalue weighted by Gasteiger charge is 2.25. The Morgan fingerprint density at radius 2 is 2.20 bits per heavy atom. The number of halogens is 1. The molecule has 1 heterocycles. The largest absolute Gasteiger partial charge is 0.480 e. The second-order valence-corrected chi connectivity index (χ2v) is 7.50. The summed E-state index contributed by atoms with van der Waals surface area (Å²) in [4.78, 5) is 27.6. The van der Waals surface area contributed by atoms with E-state index in [9.17, 15) is 9.59 Å². The quantitative estimate of drug-likeness (QED) is 0.690. The van der Waals surface area contributed by atoms with Crippen LogP contribution in [0.25, 0.3) is 0 Å². The molecule has 138 valence electrons. The fourth-order valence-corrected chi connectivity index (χ4v) is 3.84. The van der Waals surface area contributed by atoms with Gasteiger partial charge in [0.2, 0.25) is 5.91 Å². The molecule has 0 saturated carbocycles. The minimum atomic E-state index is -0.872. The summed E-state index contributed by atoms with van der Waals surface area (Å²) in [5.74, 6) is -0.111. The highest BCUT2D eigenvalue weighted by molar-refractivity contribution is 7.99. The smallest absolute Gasteiger partial charge is 0.317 e. The summed E-state index contributed by atoms with van der Waals surface area (Å²) in [5.41, 5.74) is 0. The van der Waals surface area contributed by atoms with E-state index in [1.165, 1.54) is 0 Å². The predicted octanol–water partition coefficient (Wildman–Crippen LogP) is 2.07. The van der Waals surface area contributed by atoms with Crippen LogP contribution in [0.15, 0.2) is 29.2 Å². The molecule has 6 nitrogen and oxygen atoms in total. The third kappa shape index (κ3) is 6.86. The van der Waals surface area contributed by atoms with Gasteiger partial charge in [0.15, 0.2) is 0 Å². The van der Waals surface area contributed by atoms with Gasteiger partial charge in [-0.1, -0.05) is 23.7 Å². The molecule has 1 amide bonds. The Bertz CT molecular complexity index is 602.